The number of morpholine rings is 1. The first-order chi connectivity index (χ1) is 6.52. The van der Waals surface area contributed by atoms with Crippen molar-refractivity contribution in [2.24, 2.45) is 5.73 Å². The average Bonchev–Trinajstić information content (AvgIpc) is 2.11. The standard InChI is InChI=1S/C8H14N2O4/c1-5(11)6(9)2-10-7(12)3-14-4-8(10)13/h5-6,11H,2-4,9H2,1H3. The lowest BCUT2D eigenvalue weighted by atomic mass is 10.2. The molecule has 3 N–H and O–H groups in total. The van der Waals surface area contributed by atoms with Crippen LogP contribution in [0.5, 0.6) is 0 Å². The summed E-state index contributed by atoms with van der Waals surface area (Å²) in [6, 6.07) is -0.610. The number of hydrogen-bond acceptors (Lipinski definition) is 5. The maximum atomic E-state index is 11.2. The smallest absolute Gasteiger partial charge is 0.255 e. The molecule has 1 heterocycles. The van der Waals surface area contributed by atoms with E-state index >= 15 is 0 Å². The van der Waals surface area contributed by atoms with Crippen molar-refractivity contribution in [1.29, 1.82) is 0 Å². The molecule has 0 aromatic rings. The van der Waals surface area contributed by atoms with E-state index in [2.05, 4.69) is 0 Å². The third-order valence-electron chi connectivity index (χ3n) is 2.07. The molecule has 0 saturated carbocycles. The van der Waals surface area contributed by atoms with Crippen LogP contribution in [0.4, 0.5) is 0 Å². The fraction of sp³-hybridized carbons (Fsp3) is 0.750. The summed E-state index contributed by atoms with van der Waals surface area (Å²) < 4.78 is 4.72. The number of ether oxygens (including phenoxy) is 1. The van der Waals surface area contributed by atoms with Gasteiger partial charge in [-0.3, -0.25) is 14.5 Å². The van der Waals surface area contributed by atoms with Crippen molar-refractivity contribution >= 4 is 11.8 Å². The molecular weight excluding hydrogens is 188 g/mol. The summed E-state index contributed by atoms with van der Waals surface area (Å²) in [4.78, 5) is 23.4. The van der Waals surface area contributed by atoms with E-state index in [0.29, 0.717) is 0 Å². The van der Waals surface area contributed by atoms with Crippen molar-refractivity contribution in [2.45, 2.75) is 19.1 Å². The fourth-order valence-corrected chi connectivity index (χ4v) is 1.09. The van der Waals surface area contributed by atoms with Crippen LogP contribution >= 0.6 is 0 Å². The molecule has 1 aliphatic heterocycles. The predicted octanol–water partition coefficient (Wildman–Crippen LogP) is -1.92. The second-order valence-corrected chi connectivity index (χ2v) is 3.30. The van der Waals surface area contributed by atoms with Crippen molar-refractivity contribution in [1.82, 2.24) is 4.90 Å². The largest absolute Gasteiger partial charge is 0.392 e. The minimum absolute atomic E-state index is 0.0404. The fourth-order valence-electron chi connectivity index (χ4n) is 1.09. The Morgan fingerprint density at radius 1 is 1.50 bits per heavy atom. The second kappa shape index (κ2) is 4.50. The molecule has 1 aliphatic rings. The highest BCUT2D eigenvalue weighted by Crippen LogP contribution is 2.03. The van der Waals surface area contributed by atoms with E-state index in [-0.39, 0.29) is 19.8 Å². The molecule has 0 aromatic carbocycles. The zero-order valence-electron chi connectivity index (χ0n) is 7.97. The van der Waals surface area contributed by atoms with Gasteiger partial charge in [0.25, 0.3) is 11.8 Å². The maximum Gasteiger partial charge on any atom is 0.255 e. The third-order valence-corrected chi connectivity index (χ3v) is 2.07. The van der Waals surface area contributed by atoms with Crippen molar-refractivity contribution < 1.29 is 19.4 Å². The van der Waals surface area contributed by atoms with Crippen molar-refractivity contribution in [3.05, 3.63) is 0 Å². The number of carbonyl (C=O) groups excluding carboxylic acids is 2. The van der Waals surface area contributed by atoms with E-state index in [1.165, 1.54) is 6.92 Å². The Hall–Kier alpha value is -0.980. The summed E-state index contributed by atoms with van der Waals surface area (Å²) in [6.45, 7) is 1.36. The Morgan fingerprint density at radius 3 is 2.43 bits per heavy atom. The van der Waals surface area contributed by atoms with E-state index in [1.807, 2.05) is 0 Å². The van der Waals surface area contributed by atoms with E-state index in [0.717, 1.165) is 4.90 Å². The molecule has 0 bridgehead atoms. The van der Waals surface area contributed by atoms with Crippen LogP contribution in [-0.4, -0.2) is 53.7 Å². The number of carbonyl (C=O) groups is 2. The van der Waals surface area contributed by atoms with Crippen molar-refractivity contribution in [3.63, 3.8) is 0 Å². The predicted molar refractivity (Wildman–Crippen MR) is 47.2 cm³/mol. The van der Waals surface area contributed by atoms with Crippen LogP contribution in [0.15, 0.2) is 0 Å². The molecule has 6 heteroatoms. The second-order valence-electron chi connectivity index (χ2n) is 3.30. The van der Waals surface area contributed by atoms with Crippen LogP contribution in [0.1, 0.15) is 6.92 Å². The highest BCUT2D eigenvalue weighted by molar-refractivity contribution is 5.98. The molecule has 0 radical (unpaired) electrons. The van der Waals surface area contributed by atoms with Gasteiger partial charge in [-0.25, -0.2) is 0 Å². The van der Waals surface area contributed by atoms with E-state index in [1.54, 1.807) is 0 Å². The first-order valence-corrected chi connectivity index (χ1v) is 4.37. The average molecular weight is 202 g/mol. The minimum Gasteiger partial charge on any atom is -0.392 e. The van der Waals surface area contributed by atoms with Crippen molar-refractivity contribution in [2.75, 3.05) is 19.8 Å². The van der Waals surface area contributed by atoms with Gasteiger partial charge in [-0.05, 0) is 6.92 Å². The Balaban J connectivity index is 2.56. The number of rotatable bonds is 3. The Bertz CT molecular complexity index is 225. The number of hydrogen-bond donors (Lipinski definition) is 2. The first-order valence-electron chi connectivity index (χ1n) is 4.37. The molecule has 2 atom stereocenters. The normalized spacial score (nSPS) is 22.4. The van der Waals surface area contributed by atoms with Crippen LogP contribution in [0.2, 0.25) is 0 Å². The Labute approximate surface area is 81.6 Å². The highest BCUT2D eigenvalue weighted by atomic mass is 16.5. The lowest BCUT2D eigenvalue weighted by Gasteiger charge is -2.28. The number of aliphatic hydroxyl groups excluding tert-OH is 1. The number of nitrogens with two attached hydrogens (primary N) is 1. The molecule has 2 unspecified atom stereocenters. The van der Waals surface area contributed by atoms with E-state index < -0.39 is 24.0 Å². The first kappa shape index (κ1) is 11.1. The summed E-state index contributed by atoms with van der Waals surface area (Å²) in [5.41, 5.74) is 5.53. The topological polar surface area (TPSA) is 92.9 Å². The molecule has 1 saturated heterocycles. The molecular formula is C8H14N2O4. The Kier molecular flexibility index (Phi) is 3.56. The van der Waals surface area contributed by atoms with Gasteiger partial charge < -0.3 is 15.6 Å². The molecule has 0 spiro atoms. The molecule has 6 nitrogen and oxygen atoms in total. The van der Waals surface area contributed by atoms with Crippen LogP contribution in [-0.2, 0) is 14.3 Å². The van der Waals surface area contributed by atoms with Crippen molar-refractivity contribution in [3.8, 4) is 0 Å². The SMILES string of the molecule is CC(O)C(N)CN1C(=O)COCC1=O. The van der Waals surface area contributed by atoms with Crippen LogP contribution in [0.3, 0.4) is 0 Å². The molecule has 1 fully saturated rings. The van der Waals surface area contributed by atoms with Gasteiger partial charge in [-0.1, -0.05) is 0 Å². The molecule has 0 aliphatic carbocycles. The summed E-state index contributed by atoms with van der Waals surface area (Å²) in [7, 11) is 0. The quantitative estimate of drug-likeness (QED) is 0.520. The third kappa shape index (κ3) is 2.50. The highest BCUT2D eigenvalue weighted by Gasteiger charge is 2.28. The zero-order chi connectivity index (χ0) is 10.7. The molecule has 1 rings (SSSR count). The molecule has 80 valence electrons. The van der Waals surface area contributed by atoms with E-state index in [4.69, 9.17) is 15.6 Å². The van der Waals surface area contributed by atoms with Gasteiger partial charge in [-0.15, -0.1) is 0 Å². The molecule has 0 aromatic heterocycles. The van der Waals surface area contributed by atoms with Gasteiger partial charge in [0.05, 0.1) is 6.10 Å². The monoisotopic (exact) mass is 202 g/mol. The van der Waals surface area contributed by atoms with Gasteiger partial charge in [0.15, 0.2) is 0 Å². The lowest BCUT2D eigenvalue weighted by molar-refractivity contribution is -0.159. The molecule has 2 amide bonds. The summed E-state index contributed by atoms with van der Waals surface area (Å²) >= 11 is 0. The number of amides is 2. The Morgan fingerprint density at radius 2 is 2.00 bits per heavy atom. The summed E-state index contributed by atoms with van der Waals surface area (Å²) in [5.74, 6) is -0.810. The zero-order valence-corrected chi connectivity index (χ0v) is 7.97. The van der Waals surface area contributed by atoms with Crippen LogP contribution in [0, 0.1) is 0 Å². The van der Waals surface area contributed by atoms with Gasteiger partial charge >= 0.3 is 0 Å². The summed E-state index contributed by atoms with van der Waals surface area (Å²) in [5, 5.41) is 9.12. The minimum atomic E-state index is -0.751. The van der Waals surface area contributed by atoms with Gasteiger partial charge in [-0.2, -0.15) is 0 Å². The van der Waals surface area contributed by atoms with Crippen LogP contribution in [0.25, 0.3) is 0 Å². The maximum absolute atomic E-state index is 11.2. The van der Waals surface area contributed by atoms with E-state index in [9.17, 15) is 9.59 Å². The number of nitrogens with zero attached hydrogens (tertiary/aromatic N) is 1. The number of aliphatic hydroxyl groups is 1. The van der Waals surface area contributed by atoms with Gasteiger partial charge in [0.1, 0.15) is 13.2 Å². The molecule has 14 heavy (non-hydrogen) atoms. The summed E-state index contributed by atoms with van der Waals surface area (Å²) in [6.07, 6.45) is -0.751. The lowest BCUT2D eigenvalue weighted by Crippen LogP contribution is -2.53. The van der Waals surface area contributed by atoms with Crippen LogP contribution < -0.4 is 5.73 Å². The van der Waals surface area contributed by atoms with Gasteiger partial charge in [0.2, 0.25) is 0 Å². The number of imide groups is 1. The van der Waals surface area contributed by atoms with Gasteiger partial charge in [0, 0.05) is 12.6 Å².